The molecule has 0 N–H and O–H groups in total. The maximum atomic E-state index is 12.9. The van der Waals surface area contributed by atoms with Gasteiger partial charge in [-0.2, -0.15) is 0 Å². The molecule has 0 aliphatic carbocycles. The number of imide groups is 1. The fourth-order valence-electron chi connectivity index (χ4n) is 3.07. The van der Waals surface area contributed by atoms with Crippen molar-refractivity contribution < 1.29 is 14.3 Å². The molecule has 2 amide bonds. The van der Waals surface area contributed by atoms with Crippen LogP contribution in [0.5, 0.6) is 5.75 Å². The van der Waals surface area contributed by atoms with E-state index in [0.29, 0.717) is 43.5 Å². The third-order valence-corrected chi connectivity index (χ3v) is 6.48. The highest BCUT2D eigenvalue weighted by Gasteiger charge is 2.35. The second kappa shape index (κ2) is 10.0. The monoisotopic (exact) mass is 503 g/mol. The molecule has 0 saturated carbocycles. The summed E-state index contributed by atoms with van der Waals surface area (Å²) in [5.74, 6) is 0.230. The lowest BCUT2D eigenvalue weighted by Crippen LogP contribution is -2.27. The molecule has 0 bridgehead atoms. The largest absolute Gasteiger partial charge is 0.488 e. The molecule has 1 aliphatic rings. The van der Waals surface area contributed by atoms with Crippen LogP contribution in [0.4, 0.5) is 4.79 Å². The van der Waals surface area contributed by atoms with Gasteiger partial charge in [0.05, 0.1) is 11.4 Å². The number of para-hydroxylation sites is 1. The van der Waals surface area contributed by atoms with Gasteiger partial charge in [-0.3, -0.25) is 14.5 Å². The Labute approximate surface area is 204 Å². The highest BCUT2D eigenvalue weighted by Crippen LogP contribution is 2.36. The number of carbonyl (C=O) groups is 2. The van der Waals surface area contributed by atoms with Gasteiger partial charge in [0.15, 0.2) is 0 Å². The number of hydrogen-bond acceptors (Lipinski definition) is 4. The van der Waals surface area contributed by atoms with Crippen molar-refractivity contribution in [3.63, 3.8) is 0 Å². The maximum Gasteiger partial charge on any atom is 0.293 e. The Morgan fingerprint density at radius 2 is 1.62 bits per heavy atom. The third-order valence-electron chi connectivity index (χ3n) is 4.73. The molecule has 0 radical (unpaired) electrons. The van der Waals surface area contributed by atoms with E-state index in [1.165, 1.54) is 4.90 Å². The zero-order chi connectivity index (χ0) is 22.7. The molecule has 0 atom stereocenters. The molecule has 3 aromatic carbocycles. The summed E-state index contributed by atoms with van der Waals surface area (Å²) in [5, 5.41) is 1.20. The average Bonchev–Trinajstić information content (AvgIpc) is 3.03. The standard InChI is InChI=1S/C24H16Cl3NO3S/c25-18-8-5-15(6-9-18)14-31-21-4-2-1-3-16(21)11-22-23(29)28(24(30)32-22)13-17-7-10-19(26)12-20(17)27/h1-12H,13-14H2/b22-11-. The smallest absolute Gasteiger partial charge is 0.293 e. The van der Waals surface area contributed by atoms with E-state index in [-0.39, 0.29) is 17.7 Å². The lowest BCUT2D eigenvalue weighted by molar-refractivity contribution is -0.123. The van der Waals surface area contributed by atoms with E-state index < -0.39 is 0 Å². The summed E-state index contributed by atoms with van der Waals surface area (Å²) >= 11 is 18.9. The first kappa shape index (κ1) is 22.7. The Morgan fingerprint density at radius 3 is 2.38 bits per heavy atom. The highest BCUT2D eigenvalue weighted by molar-refractivity contribution is 8.18. The van der Waals surface area contributed by atoms with Crippen LogP contribution in [0.15, 0.2) is 71.6 Å². The Morgan fingerprint density at radius 1 is 0.906 bits per heavy atom. The van der Waals surface area contributed by atoms with Crippen LogP contribution in [0.3, 0.4) is 0 Å². The third kappa shape index (κ3) is 5.30. The minimum Gasteiger partial charge on any atom is -0.488 e. The predicted octanol–water partition coefficient (Wildman–Crippen LogP) is 7.46. The van der Waals surface area contributed by atoms with Crippen molar-refractivity contribution in [3.8, 4) is 5.75 Å². The molecule has 4 rings (SSSR count). The topological polar surface area (TPSA) is 46.6 Å². The number of thioether (sulfide) groups is 1. The normalized spacial score (nSPS) is 15.0. The molecule has 4 nitrogen and oxygen atoms in total. The molecule has 32 heavy (non-hydrogen) atoms. The Balaban J connectivity index is 1.52. The minimum absolute atomic E-state index is 0.0761. The van der Waals surface area contributed by atoms with Gasteiger partial charge in [-0.1, -0.05) is 71.2 Å². The lowest BCUT2D eigenvalue weighted by atomic mass is 10.1. The molecule has 1 fully saturated rings. The lowest BCUT2D eigenvalue weighted by Gasteiger charge is -2.14. The number of amides is 2. The zero-order valence-corrected chi connectivity index (χ0v) is 19.6. The van der Waals surface area contributed by atoms with Crippen molar-refractivity contribution in [2.75, 3.05) is 0 Å². The van der Waals surface area contributed by atoms with Crippen LogP contribution < -0.4 is 4.74 Å². The number of halogens is 3. The second-order valence-corrected chi connectivity index (χ2v) is 9.23. The molecule has 1 saturated heterocycles. The van der Waals surface area contributed by atoms with Gasteiger partial charge in [0, 0.05) is 20.6 Å². The van der Waals surface area contributed by atoms with Crippen LogP contribution >= 0.6 is 46.6 Å². The Hall–Kier alpha value is -2.44. The summed E-state index contributed by atoms with van der Waals surface area (Å²) in [7, 11) is 0. The molecule has 0 unspecified atom stereocenters. The molecule has 8 heteroatoms. The van der Waals surface area contributed by atoms with Crippen molar-refractivity contribution in [1.82, 2.24) is 4.90 Å². The van der Waals surface area contributed by atoms with Crippen LogP contribution in [-0.2, 0) is 17.9 Å². The summed E-state index contributed by atoms with van der Waals surface area (Å²) in [4.78, 5) is 26.9. The quantitative estimate of drug-likeness (QED) is 0.327. The van der Waals surface area contributed by atoms with Gasteiger partial charge in [-0.25, -0.2) is 0 Å². The first-order valence-electron chi connectivity index (χ1n) is 9.56. The fraction of sp³-hybridized carbons (Fsp3) is 0.0833. The number of nitrogens with zero attached hydrogens (tertiary/aromatic N) is 1. The number of benzene rings is 3. The van der Waals surface area contributed by atoms with E-state index in [1.54, 1.807) is 36.4 Å². The first-order valence-corrected chi connectivity index (χ1v) is 11.5. The SMILES string of the molecule is O=C1S/C(=C\c2ccccc2OCc2ccc(Cl)cc2)C(=O)N1Cc1ccc(Cl)cc1Cl. The van der Waals surface area contributed by atoms with Crippen LogP contribution in [0.2, 0.25) is 15.1 Å². The van der Waals surface area contributed by atoms with Crippen molar-refractivity contribution in [2.24, 2.45) is 0 Å². The molecule has 1 heterocycles. The van der Waals surface area contributed by atoms with E-state index in [1.807, 2.05) is 36.4 Å². The predicted molar refractivity (Wildman–Crippen MR) is 130 cm³/mol. The van der Waals surface area contributed by atoms with Gasteiger partial charge in [0.25, 0.3) is 11.1 Å². The van der Waals surface area contributed by atoms with Crippen molar-refractivity contribution in [2.45, 2.75) is 13.2 Å². The van der Waals surface area contributed by atoms with Crippen LogP contribution in [0, 0.1) is 0 Å². The van der Waals surface area contributed by atoms with Gasteiger partial charge < -0.3 is 4.74 Å². The van der Waals surface area contributed by atoms with E-state index in [4.69, 9.17) is 39.5 Å². The van der Waals surface area contributed by atoms with Gasteiger partial charge >= 0.3 is 0 Å². The van der Waals surface area contributed by atoms with E-state index in [0.717, 1.165) is 17.3 Å². The maximum absolute atomic E-state index is 12.9. The highest BCUT2D eigenvalue weighted by atomic mass is 35.5. The van der Waals surface area contributed by atoms with Gasteiger partial charge in [0.1, 0.15) is 12.4 Å². The Kier molecular flexibility index (Phi) is 7.11. The number of carbonyl (C=O) groups excluding carboxylic acids is 2. The summed E-state index contributed by atoms with van der Waals surface area (Å²) in [6, 6.07) is 19.7. The summed E-state index contributed by atoms with van der Waals surface area (Å²) in [5.41, 5.74) is 2.31. The number of hydrogen-bond donors (Lipinski definition) is 0. The van der Waals surface area contributed by atoms with E-state index in [9.17, 15) is 9.59 Å². The summed E-state index contributed by atoms with van der Waals surface area (Å²) < 4.78 is 5.95. The summed E-state index contributed by atoms with van der Waals surface area (Å²) in [6.07, 6.45) is 1.67. The fourth-order valence-corrected chi connectivity index (χ4v) is 4.49. The van der Waals surface area contributed by atoms with Crippen molar-refractivity contribution in [3.05, 3.63) is 103 Å². The van der Waals surface area contributed by atoms with Crippen LogP contribution in [0.1, 0.15) is 16.7 Å². The van der Waals surface area contributed by atoms with Gasteiger partial charge in [-0.15, -0.1) is 0 Å². The molecular weight excluding hydrogens is 489 g/mol. The van der Waals surface area contributed by atoms with Crippen LogP contribution in [0.25, 0.3) is 6.08 Å². The van der Waals surface area contributed by atoms with Crippen LogP contribution in [-0.4, -0.2) is 16.0 Å². The zero-order valence-electron chi connectivity index (χ0n) is 16.6. The molecule has 0 spiro atoms. The van der Waals surface area contributed by atoms with Crippen molar-refractivity contribution in [1.29, 1.82) is 0 Å². The average molecular weight is 505 g/mol. The van der Waals surface area contributed by atoms with E-state index in [2.05, 4.69) is 0 Å². The molecule has 1 aliphatic heterocycles. The number of rotatable bonds is 6. The minimum atomic E-state index is -0.376. The van der Waals surface area contributed by atoms with Crippen molar-refractivity contribution >= 4 is 63.8 Å². The molecular formula is C24H16Cl3NO3S. The van der Waals surface area contributed by atoms with Gasteiger partial charge in [-0.05, 0) is 59.3 Å². The summed E-state index contributed by atoms with van der Waals surface area (Å²) in [6.45, 7) is 0.422. The van der Waals surface area contributed by atoms with Gasteiger partial charge in [0.2, 0.25) is 0 Å². The molecule has 0 aromatic heterocycles. The molecule has 162 valence electrons. The first-order chi connectivity index (χ1) is 15.4. The molecule has 3 aromatic rings. The number of ether oxygens (including phenoxy) is 1. The second-order valence-electron chi connectivity index (χ2n) is 6.96. The van der Waals surface area contributed by atoms with E-state index >= 15 is 0 Å². The Bertz CT molecular complexity index is 1210.